The molecule has 0 bridgehead atoms. The molecule has 0 aliphatic heterocycles. The Morgan fingerprint density at radius 1 is 1.38 bits per heavy atom. The Morgan fingerprint density at radius 2 is 2.12 bits per heavy atom. The molecule has 0 fully saturated rings. The molecule has 1 aromatic heterocycles. The van der Waals surface area contributed by atoms with E-state index in [-0.39, 0.29) is 36.5 Å². The van der Waals surface area contributed by atoms with Gasteiger partial charge in [0.25, 0.3) is 0 Å². The van der Waals surface area contributed by atoms with Crippen molar-refractivity contribution >= 4 is 0 Å². The Balaban J connectivity index is 0. The second kappa shape index (κ2) is 7.25. The number of hydrogen-bond acceptors (Lipinski definition) is 1. The molecular formula is C5H4BrNZn-. The van der Waals surface area contributed by atoms with Gasteiger partial charge in [0.1, 0.15) is 0 Å². The van der Waals surface area contributed by atoms with Gasteiger partial charge in [-0.15, -0.1) is 0 Å². The smallest absolute Gasteiger partial charge is 0.0346 e. The monoisotopic (exact) mass is 221 g/mol. The van der Waals surface area contributed by atoms with Crippen molar-refractivity contribution in [1.29, 1.82) is 0 Å². The van der Waals surface area contributed by atoms with Crippen LogP contribution < -0.4 is 17.0 Å². The molecule has 0 spiro atoms. The minimum Gasteiger partial charge on any atom is -1.00 e. The van der Waals surface area contributed by atoms with Gasteiger partial charge in [-0.3, -0.25) is 4.98 Å². The first-order chi connectivity index (χ1) is 3.00. The number of pyridine rings is 1. The molecule has 1 rings (SSSR count). The van der Waals surface area contributed by atoms with Crippen LogP contribution >= 0.6 is 0 Å². The summed E-state index contributed by atoms with van der Waals surface area (Å²) < 4.78 is 0. The van der Waals surface area contributed by atoms with E-state index < -0.39 is 0 Å². The van der Waals surface area contributed by atoms with Crippen molar-refractivity contribution in [3.63, 3.8) is 0 Å². The third kappa shape index (κ3) is 4.41. The van der Waals surface area contributed by atoms with E-state index in [1.54, 1.807) is 12.4 Å². The van der Waals surface area contributed by atoms with Crippen LogP contribution in [0, 0.1) is 6.07 Å². The Hall–Kier alpha value is 0.253. The summed E-state index contributed by atoms with van der Waals surface area (Å²) in [5.74, 6) is 0. The largest absolute Gasteiger partial charge is 1.00 e. The van der Waals surface area contributed by atoms with E-state index in [1.807, 2.05) is 12.1 Å². The number of halogens is 1. The maximum atomic E-state index is 3.73. The van der Waals surface area contributed by atoms with E-state index in [4.69, 9.17) is 0 Å². The molecule has 0 atom stereocenters. The molecule has 1 radical (unpaired) electrons. The number of nitrogens with zero attached hydrogens (tertiary/aromatic N) is 1. The van der Waals surface area contributed by atoms with Crippen molar-refractivity contribution in [1.82, 2.24) is 4.98 Å². The first kappa shape index (κ1) is 11.1. The summed E-state index contributed by atoms with van der Waals surface area (Å²) >= 11 is 0. The molecule has 0 saturated heterocycles. The summed E-state index contributed by atoms with van der Waals surface area (Å²) in [7, 11) is 0. The van der Waals surface area contributed by atoms with E-state index in [1.165, 1.54) is 0 Å². The maximum Gasteiger partial charge on any atom is 0.0346 e. The molecule has 8 heavy (non-hydrogen) atoms. The fraction of sp³-hybridized carbons (Fsp3) is 0. The molecule has 1 aromatic rings. The van der Waals surface area contributed by atoms with Crippen LogP contribution in [-0.4, -0.2) is 4.98 Å². The predicted octanol–water partition coefficient (Wildman–Crippen LogP) is -2.12. The zero-order valence-corrected chi connectivity index (χ0v) is 8.89. The fourth-order valence-electron chi connectivity index (χ4n) is 0.277. The average Bonchev–Trinajstić information content (AvgIpc) is 1.72. The van der Waals surface area contributed by atoms with Gasteiger partial charge in [0.2, 0.25) is 0 Å². The molecular weight excluding hydrogens is 219 g/mol. The SMILES string of the molecule is [Br-].[Zn].[c]1cccnc1. The Bertz CT molecular complexity index is 84.4. The molecule has 0 N–H and O–H groups in total. The zero-order chi connectivity index (χ0) is 4.24. The van der Waals surface area contributed by atoms with Crippen molar-refractivity contribution in [2.75, 3.05) is 0 Å². The summed E-state index contributed by atoms with van der Waals surface area (Å²) in [5, 5.41) is 0. The Labute approximate surface area is 72.0 Å². The molecule has 0 aliphatic rings. The van der Waals surface area contributed by atoms with Crippen molar-refractivity contribution < 1.29 is 36.5 Å². The summed E-state index contributed by atoms with van der Waals surface area (Å²) in [4.78, 5) is 3.73. The molecule has 0 unspecified atom stereocenters. The first-order valence-corrected chi connectivity index (χ1v) is 1.76. The van der Waals surface area contributed by atoms with E-state index >= 15 is 0 Å². The fourth-order valence-corrected chi connectivity index (χ4v) is 0.277. The second-order valence-corrected chi connectivity index (χ2v) is 0.953. The van der Waals surface area contributed by atoms with Crippen LogP contribution in [0.2, 0.25) is 0 Å². The third-order valence-electron chi connectivity index (χ3n) is 0.514. The Morgan fingerprint density at radius 3 is 2.25 bits per heavy atom. The zero-order valence-electron chi connectivity index (χ0n) is 4.34. The van der Waals surface area contributed by atoms with Gasteiger partial charge in [-0.05, 0) is 6.07 Å². The van der Waals surface area contributed by atoms with Gasteiger partial charge in [0.15, 0.2) is 0 Å². The summed E-state index contributed by atoms with van der Waals surface area (Å²) in [6, 6.07) is 6.43. The van der Waals surface area contributed by atoms with E-state index in [0.29, 0.717) is 0 Å². The standard InChI is InChI=1S/C5H4N.BrH.Zn/c1-2-4-6-5-3-1;;/h1-2,4-5H;1H;/p-1. The van der Waals surface area contributed by atoms with Gasteiger partial charge in [-0.1, -0.05) is 6.07 Å². The average molecular weight is 223 g/mol. The number of rotatable bonds is 0. The van der Waals surface area contributed by atoms with Crippen LogP contribution in [0.25, 0.3) is 0 Å². The maximum absolute atomic E-state index is 3.73. The molecule has 0 aliphatic carbocycles. The minimum atomic E-state index is 0. The van der Waals surface area contributed by atoms with Gasteiger partial charge in [-0.2, -0.15) is 0 Å². The van der Waals surface area contributed by atoms with Crippen molar-refractivity contribution in [2.45, 2.75) is 0 Å². The van der Waals surface area contributed by atoms with Gasteiger partial charge < -0.3 is 17.0 Å². The molecule has 39 valence electrons. The van der Waals surface area contributed by atoms with Crippen molar-refractivity contribution in [3.05, 3.63) is 30.6 Å². The van der Waals surface area contributed by atoms with Crippen LogP contribution in [0.5, 0.6) is 0 Å². The molecule has 1 nitrogen and oxygen atoms in total. The van der Waals surface area contributed by atoms with Crippen LogP contribution in [0.3, 0.4) is 0 Å². The number of hydrogen-bond donors (Lipinski definition) is 0. The third-order valence-corrected chi connectivity index (χ3v) is 0.514. The van der Waals surface area contributed by atoms with Gasteiger partial charge in [0, 0.05) is 37.9 Å². The molecule has 0 saturated carbocycles. The van der Waals surface area contributed by atoms with Gasteiger partial charge in [0.05, 0.1) is 0 Å². The minimum absolute atomic E-state index is 0. The normalized spacial score (nSPS) is 6.00. The van der Waals surface area contributed by atoms with Crippen LogP contribution in [0.15, 0.2) is 24.5 Å². The van der Waals surface area contributed by atoms with Crippen molar-refractivity contribution in [3.8, 4) is 0 Å². The van der Waals surface area contributed by atoms with Crippen molar-refractivity contribution in [2.24, 2.45) is 0 Å². The molecule has 0 aromatic carbocycles. The summed E-state index contributed by atoms with van der Waals surface area (Å²) in [6.45, 7) is 0. The summed E-state index contributed by atoms with van der Waals surface area (Å²) in [6.07, 6.45) is 3.34. The van der Waals surface area contributed by atoms with Crippen LogP contribution in [0.4, 0.5) is 0 Å². The van der Waals surface area contributed by atoms with E-state index in [0.717, 1.165) is 0 Å². The predicted molar refractivity (Wildman–Crippen MR) is 23.1 cm³/mol. The Kier molecular flexibility index (Phi) is 10.1. The van der Waals surface area contributed by atoms with Gasteiger partial charge in [-0.25, -0.2) is 0 Å². The van der Waals surface area contributed by atoms with Gasteiger partial charge >= 0.3 is 0 Å². The van der Waals surface area contributed by atoms with E-state index in [2.05, 4.69) is 11.1 Å². The second-order valence-electron chi connectivity index (χ2n) is 0.953. The van der Waals surface area contributed by atoms with E-state index in [9.17, 15) is 0 Å². The first-order valence-electron chi connectivity index (χ1n) is 1.76. The quantitative estimate of drug-likeness (QED) is 0.459. The van der Waals surface area contributed by atoms with Crippen LogP contribution in [0.1, 0.15) is 0 Å². The molecule has 0 amide bonds. The topological polar surface area (TPSA) is 12.9 Å². The molecule has 3 heteroatoms. The van der Waals surface area contributed by atoms with Crippen LogP contribution in [-0.2, 0) is 19.5 Å². The summed E-state index contributed by atoms with van der Waals surface area (Å²) in [5.41, 5.74) is 0. The number of aromatic nitrogens is 1. The molecule has 1 heterocycles.